The number of likely N-dealkylation sites (tertiary alicyclic amines) is 2. The summed E-state index contributed by atoms with van der Waals surface area (Å²) in [5.74, 6) is 0.880. The molecule has 0 radical (unpaired) electrons. The minimum Gasteiger partial charge on any atom is -0.343 e. The predicted molar refractivity (Wildman–Crippen MR) is 120 cm³/mol. The van der Waals surface area contributed by atoms with Crippen molar-refractivity contribution in [2.75, 3.05) is 31.5 Å². The van der Waals surface area contributed by atoms with Crippen molar-refractivity contribution in [2.24, 2.45) is 11.8 Å². The van der Waals surface area contributed by atoms with Crippen molar-refractivity contribution < 1.29 is 14.0 Å². The van der Waals surface area contributed by atoms with E-state index >= 15 is 0 Å². The molecule has 1 aliphatic carbocycles. The maximum absolute atomic E-state index is 13.0. The van der Waals surface area contributed by atoms with Gasteiger partial charge in [0.1, 0.15) is 5.82 Å². The number of piperidine rings is 2. The lowest BCUT2D eigenvalue weighted by Crippen LogP contribution is -2.49. The van der Waals surface area contributed by atoms with Gasteiger partial charge >= 0.3 is 0 Å². The molecule has 0 aromatic heterocycles. The van der Waals surface area contributed by atoms with Crippen molar-refractivity contribution in [1.29, 1.82) is 0 Å². The van der Waals surface area contributed by atoms with Gasteiger partial charge < -0.3 is 15.1 Å². The molecule has 0 bridgehead atoms. The largest absolute Gasteiger partial charge is 0.343 e. The number of carbonyl (C=O) groups is 2. The Labute approximate surface area is 185 Å². The highest BCUT2D eigenvalue weighted by molar-refractivity contribution is 5.92. The van der Waals surface area contributed by atoms with Gasteiger partial charge in [-0.1, -0.05) is 25.7 Å². The van der Waals surface area contributed by atoms with E-state index in [4.69, 9.17) is 0 Å². The SMILES string of the molecule is O=C(Nc1ccc(F)cc1)C1CCN(C2CCN(C(=O)CCC3CCCC3)CC2)CC1. The normalized spacial score (nSPS) is 22.0. The standard InChI is InChI=1S/C25H36FN3O2/c26-21-6-8-22(9-7-21)27-25(31)20-11-15-28(16-12-20)23-13-17-29(18-14-23)24(30)10-5-19-3-1-2-4-19/h6-9,19-20,23H,1-5,10-18H2,(H,27,31). The van der Waals surface area contributed by atoms with Crippen LogP contribution in [-0.2, 0) is 9.59 Å². The van der Waals surface area contributed by atoms with Gasteiger partial charge in [-0.2, -0.15) is 0 Å². The molecule has 6 heteroatoms. The summed E-state index contributed by atoms with van der Waals surface area (Å²) in [7, 11) is 0. The molecule has 0 unspecified atom stereocenters. The fourth-order valence-electron chi connectivity index (χ4n) is 5.57. The van der Waals surface area contributed by atoms with E-state index in [-0.39, 0.29) is 17.6 Å². The van der Waals surface area contributed by atoms with Gasteiger partial charge in [-0.3, -0.25) is 9.59 Å². The Hall–Kier alpha value is -1.95. The van der Waals surface area contributed by atoms with Crippen LogP contribution < -0.4 is 5.32 Å². The van der Waals surface area contributed by atoms with E-state index in [0.717, 1.165) is 70.6 Å². The lowest BCUT2D eigenvalue weighted by Gasteiger charge is -2.41. The van der Waals surface area contributed by atoms with Crippen LogP contribution in [0.15, 0.2) is 24.3 Å². The van der Waals surface area contributed by atoms with Gasteiger partial charge in [0.2, 0.25) is 11.8 Å². The van der Waals surface area contributed by atoms with Gasteiger partial charge in [-0.05, 0) is 75.4 Å². The van der Waals surface area contributed by atoms with Crippen LogP contribution in [0.4, 0.5) is 10.1 Å². The molecule has 2 aliphatic heterocycles. The Morgan fingerprint density at radius 1 is 0.903 bits per heavy atom. The summed E-state index contributed by atoms with van der Waals surface area (Å²) < 4.78 is 13.0. The number of rotatable bonds is 6. The fourth-order valence-corrected chi connectivity index (χ4v) is 5.57. The zero-order valence-corrected chi connectivity index (χ0v) is 18.5. The molecule has 31 heavy (non-hydrogen) atoms. The summed E-state index contributed by atoms with van der Waals surface area (Å²) in [6, 6.07) is 6.46. The van der Waals surface area contributed by atoms with Gasteiger partial charge in [-0.25, -0.2) is 4.39 Å². The molecule has 5 nitrogen and oxygen atoms in total. The number of halogens is 1. The molecular weight excluding hydrogens is 393 g/mol. The average Bonchev–Trinajstić information content (AvgIpc) is 3.33. The molecule has 1 aromatic carbocycles. The van der Waals surface area contributed by atoms with Crippen molar-refractivity contribution in [3.05, 3.63) is 30.1 Å². The number of nitrogens with one attached hydrogen (secondary N) is 1. The van der Waals surface area contributed by atoms with Crippen LogP contribution >= 0.6 is 0 Å². The monoisotopic (exact) mass is 429 g/mol. The van der Waals surface area contributed by atoms with Crippen molar-refractivity contribution in [1.82, 2.24) is 9.80 Å². The maximum atomic E-state index is 13.0. The Balaban J connectivity index is 1.15. The van der Waals surface area contributed by atoms with E-state index in [1.165, 1.54) is 37.8 Å². The van der Waals surface area contributed by atoms with Crippen molar-refractivity contribution in [3.8, 4) is 0 Å². The van der Waals surface area contributed by atoms with Crippen LogP contribution in [0.3, 0.4) is 0 Å². The minimum atomic E-state index is -0.298. The molecule has 1 saturated carbocycles. The lowest BCUT2D eigenvalue weighted by atomic mass is 9.92. The van der Waals surface area contributed by atoms with E-state index in [1.54, 1.807) is 12.1 Å². The van der Waals surface area contributed by atoms with Gasteiger partial charge in [-0.15, -0.1) is 0 Å². The van der Waals surface area contributed by atoms with Crippen molar-refractivity contribution in [3.63, 3.8) is 0 Å². The lowest BCUT2D eigenvalue weighted by molar-refractivity contribution is -0.133. The molecule has 0 atom stereocenters. The molecule has 170 valence electrons. The van der Waals surface area contributed by atoms with E-state index < -0.39 is 0 Å². The fraction of sp³-hybridized carbons (Fsp3) is 0.680. The molecule has 1 N–H and O–H groups in total. The molecule has 2 saturated heterocycles. The van der Waals surface area contributed by atoms with E-state index in [9.17, 15) is 14.0 Å². The second kappa shape index (κ2) is 10.6. The number of hydrogen-bond donors (Lipinski definition) is 1. The van der Waals surface area contributed by atoms with E-state index in [0.29, 0.717) is 17.6 Å². The molecule has 3 fully saturated rings. The second-order valence-corrected chi connectivity index (χ2v) is 9.61. The predicted octanol–water partition coefficient (Wildman–Crippen LogP) is 4.44. The summed E-state index contributed by atoms with van der Waals surface area (Å²) in [4.78, 5) is 29.7. The van der Waals surface area contributed by atoms with Crippen LogP contribution in [0.25, 0.3) is 0 Å². The first-order valence-electron chi connectivity index (χ1n) is 12.2. The minimum absolute atomic E-state index is 0.0126. The Kier molecular flexibility index (Phi) is 7.59. The van der Waals surface area contributed by atoms with Crippen LogP contribution in [-0.4, -0.2) is 53.8 Å². The maximum Gasteiger partial charge on any atom is 0.227 e. The smallest absolute Gasteiger partial charge is 0.227 e. The summed E-state index contributed by atoms with van der Waals surface area (Å²) in [5.41, 5.74) is 0.652. The number of hydrogen-bond acceptors (Lipinski definition) is 3. The first-order valence-corrected chi connectivity index (χ1v) is 12.2. The zero-order valence-electron chi connectivity index (χ0n) is 18.5. The molecule has 2 heterocycles. The third-order valence-electron chi connectivity index (χ3n) is 7.59. The quantitative estimate of drug-likeness (QED) is 0.727. The third-order valence-corrected chi connectivity index (χ3v) is 7.59. The van der Waals surface area contributed by atoms with Crippen LogP contribution in [0.5, 0.6) is 0 Å². The van der Waals surface area contributed by atoms with Gasteiger partial charge in [0.05, 0.1) is 0 Å². The highest BCUT2D eigenvalue weighted by Crippen LogP contribution is 2.29. The van der Waals surface area contributed by atoms with Gasteiger partial charge in [0.25, 0.3) is 0 Å². The highest BCUT2D eigenvalue weighted by atomic mass is 19.1. The second-order valence-electron chi connectivity index (χ2n) is 9.61. The first-order chi connectivity index (χ1) is 15.1. The molecule has 0 spiro atoms. The number of amides is 2. The van der Waals surface area contributed by atoms with Crippen molar-refractivity contribution >= 4 is 17.5 Å². The molecule has 3 aliphatic rings. The summed E-state index contributed by atoms with van der Waals surface area (Å²) >= 11 is 0. The Morgan fingerprint density at radius 2 is 1.55 bits per heavy atom. The zero-order chi connectivity index (χ0) is 21.6. The van der Waals surface area contributed by atoms with E-state index in [1.807, 2.05) is 0 Å². The number of nitrogens with zero attached hydrogens (tertiary/aromatic N) is 2. The Bertz CT molecular complexity index is 732. The number of carbonyl (C=O) groups excluding carboxylic acids is 2. The van der Waals surface area contributed by atoms with Crippen LogP contribution in [0.1, 0.15) is 64.2 Å². The summed E-state index contributed by atoms with van der Waals surface area (Å²) in [6.45, 7) is 3.61. The molecular formula is C25H36FN3O2. The van der Waals surface area contributed by atoms with Gasteiger partial charge in [0, 0.05) is 37.2 Å². The average molecular weight is 430 g/mol. The molecule has 2 amide bonds. The van der Waals surface area contributed by atoms with Crippen LogP contribution in [0.2, 0.25) is 0 Å². The number of benzene rings is 1. The van der Waals surface area contributed by atoms with Crippen LogP contribution in [0, 0.1) is 17.7 Å². The molecule has 1 aromatic rings. The molecule has 4 rings (SSSR count). The highest BCUT2D eigenvalue weighted by Gasteiger charge is 2.31. The van der Waals surface area contributed by atoms with Gasteiger partial charge in [0.15, 0.2) is 0 Å². The number of anilines is 1. The summed E-state index contributed by atoms with van der Waals surface area (Å²) in [6.07, 6.45) is 10.9. The Morgan fingerprint density at radius 3 is 2.19 bits per heavy atom. The third kappa shape index (κ3) is 6.06. The van der Waals surface area contributed by atoms with Crippen molar-refractivity contribution in [2.45, 2.75) is 70.3 Å². The topological polar surface area (TPSA) is 52.7 Å². The van der Waals surface area contributed by atoms with E-state index in [2.05, 4.69) is 15.1 Å². The first kappa shape index (κ1) is 22.3. The summed E-state index contributed by atoms with van der Waals surface area (Å²) in [5, 5.41) is 2.92.